The highest BCUT2D eigenvalue weighted by atomic mass is 16.6. The molecule has 0 aliphatic carbocycles. The van der Waals surface area contributed by atoms with Crippen LogP contribution in [0.5, 0.6) is 0 Å². The Bertz CT molecular complexity index is 1180. The number of benzene rings is 2. The van der Waals surface area contributed by atoms with Gasteiger partial charge in [-0.15, -0.1) is 0 Å². The number of aromatic nitrogens is 1. The molecule has 2 aliphatic rings. The van der Waals surface area contributed by atoms with E-state index in [1.54, 1.807) is 9.80 Å². The maximum absolute atomic E-state index is 13.0. The first-order valence-electron chi connectivity index (χ1n) is 12.7. The molecule has 0 saturated carbocycles. The van der Waals surface area contributed by atoms with Crippen LogP contribution in [0.3, 0.4) is 0 Å². The van der Waals surface area contributed by atoms with E-state index in [0.29, 0.717) is 38.3 Å². The summed E-state index contributed by atoms with van der Waals surface area (Å²) in [6.45, 7) is 3.90. The minimum Gasteiger partial charge on any atom is -0.444 e. The van der Waals surface area contributed by atoms with E-state index in [1.807, 2.05) is 36.5 Å². The summed E-state index contributed by atoms with van der Waals surface area (Å²) in [5.74, 6) is -0.0166. The predicted octanol–water partition coefficient (Wildman–Crippen LogP) is 3.96. The van der Waals surface area contributed by atoms with Crippen LogP contribution in [0.2, 0.25) is 0 Å². The number of carbonyl (C=O) groups excluding carboxylic acids is 2. The van der Waals surface area contributed by atoms with Crippen molar-refractivity contribution >= 4 is 28.6 Å². The number of hydrogen-bond donors (Lipinski definition) is 1. The number of para-hydroxylation sites is 1. The summed E-state index contributed by atoms with van der Waals surface area (Å²) in [4.78, 5) is 33.4. The number of piperazine rings is 1. The third-order valence-electron chi connectivity index (χ3n) is 6.78. The maximum atomic E-state index is 13.0. The molecule has 8 nitrogen and oxygen atoms in total. The monoisotopic (exact) mass is 488 g/mol. The van der Waals surface area contributed by atoms with Gasteiger partial charge in [-0.1, -0.05) is 24.3 Å². The Kier molecular flexibility index (Phi) is 7.61. The highest BCUT2D eigenvalue weighted by Crippen LogP contribution is 2.18. The normalized spacial score (nSPS) is 18.2. The van der Waals surface area contributed by atoms with E-state index >= 15 is 0 Å². The fraction of sp³-hybridized carbons (Fsp3) is 0.393. The summed E-state index contributed by atoms with van der Waals surface area (Å²) in [6.07, 6.45) is 3.96. The lowest BCUT2D eigenvalue weighted by atomic mass is 10.1. The van der Waals surface area contributed by atoms with Gasteiger partial charge in [-0.2, -0.15) is 0 Å². The Morgan fingerprint density at radius 1 is 1.00 bits per heavy atom. The van der Waals surface area contributed by atoms with Gasteiger partial charge < -0.3 is 24.6 Å². The van der Waals surface area contributed by atoms with Crippen LogP contribution in [0.4, 0.5) is 10.5 Å². The summed E-state index contributed by atoms with van der Waals surface area (Å²) in [6, 6.07) is 17.9. The number of carbonyl (C=O) groups is 2. The third-order valence-corrected chi connectivity index (χ3v) is 6.78. The van der Waals surface area contributed by atoms with Crippen molar-refractivity contribution in [2.45, 2.75) is 25.4 Å². The summed E-state index contributed by atoms with van der Waals surface area (Å²) in [5, 5.41) is 4.58. The van der Waals surface area contributed by atoms with Crippen molar-refractivity contribution in [1.29, 1.82) is 0 Å². The van der Waals surface area contributed by atoms with Crippen molar-refractivity contribution in [2.75, 3.05) is 51.3 Å². The molecule has 2 aromatic carbocycles. The molecule has 36 heavy (non-hydrogen) atoms. The topological polar surface area (TPSA) is 84.0 Å². The maximum Gasteiger partial charge on any atom is 0.410 e. The number of nitrogens with one attached hydrogen (secondary N) is 1. The van der Waals surface area contributed by atoms with Crippen molar-refractivity contribution in [3.05, 3.63) is 71.9 Å². The Morgan fingerprint density at radius 2 is 1.78 bits per heavy atom. The van der Waals surface area contributed by atoms with E-state index in [2.05, 4.69) is 34.6 Å². The fourth-order valence-corrected chi connectivity index (χ4v) is 4.74. The molecule has 3 aromatic rings. The Morgan fingerprint density at radius 3 is 2.56 bits per heavy atom. The Hall–Kier alpha value is -3.65. The van der Waals surface area contributed by atoms with E-state index in [9.17, 15) is 9.59 Å². The summed E-state index contributed by atoms with van der Waals surface area (Å²) >= 11 is 0. The Labute approximate surface area is 211 Å². The van der Waals surface area contributed by atoms with Crippen LogP contribution in [0.25, 0.3) is 10.9 Å². The number of anilines is 1. The molecule has 2 amide bonds. The van der Waals surface area contributed by atoms with E-state index in [0.717, 1.165) is 49.0 Å². The highest BCUT2D eigenvalue weighted by molar-refractivity contribution is 5.94. The molecule has 5 rings (SSSR count). The van der Waals surface area contributed by atoms with Gasteiger partial charge in [-0.25, -0.2) is 4.79 Å². The lowest BCUT2D eigenvalue weighted by molar-refractivity contribution is -0.0300. The van der Waals surface area contributed by atoms with Gasteiger partial charge in [0.1, 0.15) is 6.10 Å². The second-order valence-electron chi connectivity index (χ2n) is 9.25. The lowest BCUT2D eigenvalue weighted by Gasteiger charge is -2.35. The fourth-order valence-electron chi connectivity index (χ4n) is 4.74. The molecule has 1 N–H and O–H groups in total. The molecule has 2 fully saturated rings. The predicted molar refractivity (Wildman–Crippen MR) is 138 cm³/mol. The van der Waals surface area contributed by atoms with Crippen LogP contribution in [-0.4, -0.2) is 78.8 Å². The van der Waals surface area contributed by atoms with Gasteiger partial charge >= 0.3 is 6.09 Å². The van der Waals surface area contributed by atoms with Crippen LogP contribution < -0.4 is 5.32 Å². The third kappa shape index (κ3) is 5.76. The van der Waals surface area contributed by atoms with E-state index in [-0.39, 0.29) is 18.1 Å². The molecule has 2 aliphatic heterocycles. The molecule has 0 spiro atoms. The van der Waals surface area contributed by atoms with Gasteiger partial charge in [0.25, 0.3) is 5.91 Å². The van der Waals surface area contributed by atoms with Crippen LogP contribution in [-0.2, 0) is 15.9 Å². The van der Waals surface area contributed by atoms with Crippen LogP contribution in [0.1, 0.15) is 28.8 Å². The molecule has 0 bridgehead atoms. The second kappa shape index (κ2) is 11.4. The molecule has 8 heteroatoms. The van der Waals surface area contributed by atoms with E-state index < -0.39 is 0 Å². The standard InChI is InChI=1S/C28H32N4O4/c33-27(31-15-17-32(18-16-31)28(34)36-25-7-3-19-35-20-25)23-8-10-24(11-9-23)29-14-12-22-5-1-4-21-6-2-13-30-26(21)22/h1-2,4-6,8-11,13,25,29H,3,7,12,14-20H2. The molecule has 1 aromatic heterocycles. The van der Waals surface area contributed by atoms with Gasteiger partial charge in [-0.3, -0.25) is 9.78 Å². The Balaban J connectivity index is 1.08. The molecule has 3 heterocycles. The average Bonchev–Trinajstić information content (AvgIpc) is 2.94. The van der Waals surface area contributed by atoms with Gasteiger partial charge in [0.2, 0.25) is 0 Å². The number of amides is 2. The summed E-state index contributed by atoms with van der Waals surface area (Å²) < 4.78 is 10.9. The van der Waals surface area contributed by atoms with Crippen LogP contribution >= 0.6 is 0 Å². The summed E-state index contributed by atoms with van der Waals surface area (Å²) in [7, 11) is 0. The zero-order valence-corrected chi connectivity index (χ0v) is 20.4. The number of nitrogens with zero attached hydrogens (tertiary/aromatic N) is 3. The first-order valence-corrected chi connectivity index (χ1v) is 12.7. The van der Waals surface area contributed by atoms with Crippen molar-refractivity contribution in [3.8, 4) is 0 Å². The average molecular weight is 489 g/mol. The van der Waals surface area contributed by atoms with E-state index in [1.165, 1.54) is 5.56 Å². The largest absolute Gasteiger partial charge is 0.444 e. The van der Waals surface area contributed by atoms with Gasteiger partial charge in [-0.05, 0) is 55.2 Å². The second-order valence-corrected chi connectivity index (χ2v) is 9.25. The lowest BCUT2D eigenvalue weighted by Crippen LogP contribution is -2.51. The smallest absolute Gasteiger partial charge is 0.410 e. The molecule has 188 valence electrons. The molecule has 1 unspecified atom stereocenters. The molecule has 2 saturated heterocycles. The van der Waals surface area contributed by atoms with Crippen molar-refractivity contribution < 1.29 is 19.1 Å². The van der Waals surface area contributed by atoms with Crippen LogP contribution in [0.15, 0.2) is 60.8 Å². The minimum absolute atomic E-state index is 0.0166. The number of rotatable bonds is 6. The molecular formula is C28H32N4O4. The highest BCUT2D eigenvalue weighted by Gasteiger charge is 2.28. The first kappa shape index (κ1) is 24.1. The van der Waals surface area contributed by atoms with Crippen molar-refractivity contribution in [3.63, 3.8) is 0 Å². The zero-order chi connectivity index (χ0) is 24.7. The SMILES string of the molecule is O=C(OC1CCCOC1)N1CCN(C(=O)c2ccc(NCCc3cccc4cccnc34)cc2)CC1. The van der Waals surface area contributed by atoms with Gasteiger partial charge in [0, 0.05) is 62.2 Å². The van der Waals surface area contributed by atoms with Crippen molar-refractivity contribution in [2.24, 2.45) is 0 Å². The van der Waals surface area contributed by atoms with Crippen LogP contribution in [0, 0.1) is 0 Å². The number of pyridine rings is 1. The first-order chi connectivity index (χ1) is 17.7. The number of fused-ring (bicyclic) bond motifs is 1. The molecular weight excluding hydrogens is 456 g/mol. The molecule has 1 atom stereocenters. The number of ether oxygens (including phenoxy) is 2. The van der Waals surface area contributed by atoms with Crippen molar-refractivity contribution in [1.82, 2.24) is 14.8 Å². The number of hydrogen-bond acceptors (Lipinski definition) is 6. The quantitative estimate of drug-likeness (QED) is 0.566. The van der Waals surface area contributed by atoms with Gasteiger partial charge in [0.15, 0.2) is 0 Å². The summed E-state index contributed by atoms with van der Waals surface area (Å²) in [5.41, 5.74) is 3.87. The molecule has 0 radical (unpaired) electrons. The van der Waals surface area contributed by atoms with Gasteiger partial charge in [0.05, 0.1) is 12.1 Å². The van der Waals surface area contributed by atoms with E-state index in [4.69, 9.17) is 9.47 Å². The zero-order valence-electron chi connectivity index (χ0n) is 20.4. The minimum atomic E-state index is -0.313.